The summed E-state index contributed by atoms with van der Waals surface area (Å²) in [7, 11) is 1.69. The predicted octanol–water partition coefficient (Wildman–Crippen LogP) is 3.38. The predicted molar refractivity (Wildman–Crippen MR) is 75.5 cm³/mol. The smallest absolute Gasteiger partial charge is 0.321 e. The largest absolute Gasteiger partial charge is 0.323 e. The quantitative estimate of drug-likeness (QED) is 0.912. The summed E-state index contributed by atoms with van der Waals surface area (Å²) in [5.74, 6) is 0. The van der Waals surface area contributed by atoms with Crippen molar-refractivity contribution in [2.75, 3.05) is 12.4 Å². The molecule has 0 aliphatic rings. The SMILES string of the molecule is CN(Cc1cn[nH]c1)C(=O)Nc1ccc(Cl)c(Cl)c1. The fourth-order valence-corrected chi connectivity index (χ4v) is 1.80. The first-order valence-corrected chi connectivity index (χ1v) is 6.26. The summed E-state index contributed by atoms with van der Waals surface area (Å²) in [5, 5.41) is 10.1. The van der Waals surface area contributed by atoms with Crippen molar-refractivity contribution in [3.63, 3.8) is 0 Å². The number of amides is 2. The van der Waals surface area contributed by atoms with Gasteiger partial charge in [0.15, 0.2) is 0 Å². The Hall–Kier alpha value is -1.72. The molecule has 0 radical (unpaired) electrons. The van der Waals surface area contributed by atoms with Crippen molar-refractivity contribution in [3.8, 4) is 0 Å². The van der Waals surface area contributed by atoms with Crippen molar-refractivity contribution in [1.82, 2.24) is 15.1 Å². The Bertz CT molecular complexity index is 571. The van der Waals surface area contributed by atoms with Gasteiger partial charge in [-0.15, -0.1) is 0 Å². The molecule has 2 aromatic rings. The molecule has 19 heavy (non-hydrogen) atoms. The zero-order valence-corrected chi connectivity index (χ0v) is 11.7. The van der Waals surface area contributed by atoms with Crippen LogP contribution in [0.1, 0.15) is 5.56 Å². The molecule has 2 N–H and O–H groups in total. The number of nitrogens with one attached hydrogen (secondary N) is 2. The van der Waals surface area contributed by atoms with E-state index in [0.29, 0.717) is 22.3 Å². The van der Waals surface area contributed by atoms with E-state index in [9.17, 15) is 4.79 Å². The van der Waals surface area contributed by atoms with Crippen molar-refractivity contribution in [2.45, 2.75) is 6.54 Å². The first-order chi connectivity index (χ1) is 9.06. The summed E-state index contributed by atoms with van der Waals surface area (Å²) in [5.41, 5.74) is 1.52. The lowest BCUT2D eigenvalue weighted by Gasteiger charge is -2.17. The van der Waals surface area contributed by atoms with Crippen LogP contribution in [0.4, 0.5) is 10.5 Å². The molecule has 100 valence electrons. The number of halogens is 2. The standard InChI is InChI=1S/C12H12Cl2N4O/c1-18(7-8-5-15-16-6-8)12(19)17-9-2-3-10(13)11(14)4-9/h2-6H,7H2,1H3,(H,15,16)(H,17,19). The van der Waals surface area contributed by atoms with Crippen molar-refractivity contribution in [2.24, 2.45) is 0 Å². The highest BCUT2D eigenvalue weighted by molar-refractivity contribution is 6.42. The molecular formula is C12H12Cl2N4O. The summed E-state index contributed by atoms with van der Waals surface area (Å²) in [6.07, 6.45) is 3.41. The number of hydrogen-bond donors (Lipinski definition) is 2. The number of aromatic nitrogens is 2. The van der Waals surface area contributed by atoms with E-state index >= 15 is 0 Å². The van der Waals surface area contributed by atoms with Crippen LogP contribution >= 0.6 is 23.2 Å². The highest BCUT2D eigenvalue weighted by Crippen LogP contribution is 2.25. The second-order valence-electron chi connectivity index (χ2n) is 4.02. The number of H-pyrrole nitrogens is 1. The third-order valence-electron chi connectivity index (χ3n) is 2.49. The monoisotopic (exact) mass is 298 g/mol. The van der Waals surface area contributed by atoms with Crippen LogP contribution in [0.25, 0.3) is 0 Å². The molecule has 0 unspecified atom stereocenters. The number of urea groups is 1. The van der Waals surface area contributed by atoms with Gasteiger partial charge < -0.3 is 10.2 Å². The summed E-state index contributed by atoms with van der Waals surface area (Å²) in [4.78, 5) is 13.5. The number of benzene rings is 1. The number of carbonyl (C=O) groups excluding carboxylic acids is 1. The lowest BCUT2D eigenvalue weighted by atomic mass is 10.3. The van der Waals surface area contributed by atoms with Gasteiger partial charge in [0.05, 0.1) is 22.8 Å². The maximum absolute atomic E-state index is 11.9. The lowest BCUT2D eigenvalue weighted by molar-refractivity contribution is 0.220. The number of anilines is 1. The molecule has 2 amide bonds. The number of aromatic amines is 1. The molecule has 0 saturated carbocycles. The van der Waals surface area contributed by atoms with Crippen molar-refractivity contribution in [3.05, 3.63) is 46.2 Å². The van der Waals surface area contributed by atoms with Gasteiger partial charge in [0, 0.05) is 24.5 Å². The van der Waals surface area contributed by atoms with E-state index < -0.39 is 0 Å². The fourth-order valence-electron chi connectivity index (χ4n) is 1.50. The van der Waals surface area contributed by atoms with Gasteiger partial charge in [0.1, 0.15) is 0 Å². The van der Waals surface area contributed by atoms with Gasteiger partial charge in [0.2, 0.25) is 0 Å². The molecular weight excluding hydrogens is 287 g/mol. The Morgan fingerprint density at radius 1 is 1.42 bits per heavy atom. The Labute approximate surface area is 120 Å². The molecule has 7 heteroatoms. The Kier molecular flexibility index (Phi) is 4.29. The highest BCUT2D eigenvalue weighted by atomic mass is 35.5. The van der Waals surface area contributed by atoms with Crippen LogP contribution in [-0.4, -0.2) is 28.2 Å². The molecule has 0 bridgehead atoms. The van der Waals surface area contributed by atoms with Gasteiger partial charge in [-0.25, -0.2) is 4.79 Å². The van der Waals surface area contributed by atoms with Crippen LogP contribution in [0, 0.1) is 0 Å². The molecule has 0 aliphatic heterocycles. The summed E-state index contributed by atoms with van der Waals surface area (Å²) in [6, 6.07) is 4.69. The topological polar surface area (TPSA) is 61.0 Å². The molecule has 1 aromatic heterocycles. The van der Waals surface area contributed by atoms with Gasteiger partial charge >= 0.3 is 6.03 Å². The van der Waals surface area contributed by atoms with Crippen LogP contribution in [0.2, 0.25) is 10.0 Å². The normalized spacial score (nSPS) is 10.3. The maximum Gasteiger partial charge on any atom is 0.321 e. The highest BCUT2D eigenvalue weighted by Gasteiger charge is 2.10. The lowest BCUT2D eigenvalue weighted by Crippen LogP contribution is -2.30. The minimum Gasteiger partial charge on any atom is -0.323 e. The van der Waals surface area contributed by atoms with E-state index in [1.165, 1.54) is 4.90 Å². The zero-order valence-electron chi connectivity index (χ0n) is 10.2. The molecule has 1 heterocycles. The Morgan fingerprint density at radius 3 is 2.84 bits per heavy atom. The first-order valence-electron chi connectivity index (χ1n) is 5.51. The van der Waals surface area contributed by atoms with Gasteiger partial charge in [0.25, 0.3) is 0 Å². The second-order valence-corrected chi connectivity index (χ2v) is 4.84. The molecule has 1 aromatic carbocycles. The average Bonchev–Trinajstić information content (AvgIpc) is 2.86. The summed E-state index contributed by atoms with van der Waals surface area (Å²) in [6.45, 7) is 0.462. The van der Waals surface area contributed by atoms with E-state index in [1.807, 2.05) is 0 Å². The van der Waals surface area contributed by atoms with Crippen LogP contribution < -0.4 is 5.32 Å². The van der Waals surface area contributed by atoms with Crippen molar-refractivity contribution >= 4 is 34.9 Å². The van der Waals surface area contributed by atoms with E-state index in [4.69, 9.17) is 23.2 Å². The third-order valence-corrected chi connectivity index (χ3v) is 3.23. The number of rotatable bonds is 3. The third kappa shape index (κ3) is 3.62. The van der Waals surface area contributed by atoms with Gasteiger partial charge in [-0.05, 0) is 18.2 Å². The molecule has 5 nitrogen and oxygen atoms in total. The van der Waals surface area contributed by atoms with Crippen LogP contribution in [0.5, 0.6) is 0 Å². The maximum atomic E-state index is 11.9. The average molecular weight is 299 g/mol. The molecule has 0 fully saturated rings. The van der Waals surface area contributed by atoms with Gasteiger partial charge in [-0.3, -0.25) is 5.10 Å². The van der Waals surface area contributed by atoms with Crippen LogP contribution in [0.3, 0.4) is 0 Å². The van der Waals surface area contributed by atoms with Crippen molar-refractivity contribution in [1.29, 1.82) is 0 Å². The first kappa shape index (κ1) is 13.7. The van der Waals surface area contributed by atoms with E-state index in [2.05, 4.69) is 15.5 Å². The molecule has 0 saturated heterocycles. The molecule has 0 atom stereocenters. The Balaban J connectivity index is 1.98. The molecule has 2 rings (SSSR count). The zero-order chi connectivity index (χ0) is 13.8. The van der Waals surface area contributed by atoms with Crippen LogP contribution in [0.15, 0.2) is 30.6 Å². The molecule has 0 aliphatic carbocycles. The number of hydrogen-bond acceptors (Lipinski definition) is 2. The van der Waals surface area contributed by atoms with E-state index in [0.717, 1.165) is 5.56 Å². The molecule has 0 spiro atoms. The van der Waals surface area contributed by atoms with Crippen molar-refractivity contribution < 1.29 is 4.79 Å². The number of nitrogens with zero attached hydrogens (tertiary/aromatic N) is 2. The van der Waals surface area contributed by atoms with Crippen LogP contribution in [-0.2, 0) is 6.54 Å². The summed E-state index contributed by atoms with van der Waals surface area (Å²) >= 11 is 11.7. The van der Waals surface area contributed by atoms with Gasteiger partial charge in [-0.2, -0.15) is 5.10 Å². The van der Waals surface area contributed by atoms with Gasteiger partial charge in [-0.1, -0.05) is 23.2 Å². The minimum absolute atomic E-state index is 0.236. The Morgan fingerprint density at radius 2 is 2.21 bits per heavy atom. The fraction of sp³-hybridized carbons (Fsp3) is 0.167. The van der Waals surface area contributed by atoms with E-state index in [-0.39, 0.29) is 6.03 Å². The van der Waals surface area contributed by atoms with E-state index in [1.54, 1.807) is 37.6 Å². The second kappa shape index (κ2) is 5.95. The number of carbonyl (C=O) groups is 1. The minimum atomic E-state index is -0.236. The summed E-state index contributed by atoms with van der Waals surface area (Å²) < 4.78 is 0.